The van der Waals surface area contributed by atoms with Gasteiger partial charge in [-0.15, -0.1) is 0 Å². The number of carbonyl (C=O) groups excluding carboxylic acids is 2. The van der Waals surface area contributed by atoms with E-state index in [1.165, 1.54) is 12.8 Å². The normalized spacial score (nSPS) is 32.0. The summed E-state index contributed by atoms with van der Waals surface area (Å²) in [5, 5.41) is 0. The van der Waals surface area contributed by atoms with E-state index >= 15 is 0 Å². The van der Waals surface area contributed by atoms with Crippen LogP contribution in [0.4, 0.5) is 0 Å². The van der Waals surface area contributed by atoms with Crippen molar-refractivity contribution in [3.63, 3.8) is 0 Å². The van der Waals surface area contributed by atoms with Gasteiger partial charge >= 0.3 is 0 Å². The molecule has 4 nitrogen and oxygen atoms in total. The van der Waals surface area contributed by atoms with Crippen LogP contribution < -0.4 is 0 Å². The second-order valence-electron chi connectivity index (χ2n) is 8.34. The summed E-state index contributed by atoms with van der Waals surface area (Å²) < 4.78 is 0. The number of hydrogen-bond acceptors (Lipinski definition) is 2. The van der Waals surface area contributed by atoms with Crippen molar-refractivity contribution in [1.82, 2.24) is 9.80 Å². The van der Waals surface area contributed by atoms with Gasteiger partial charge in [-0.1, -0.05) is 27.7 Å². The predicted octanol–water partition coefficient (Wildman–Crippen LogP) is 3.17. The number of piperidine rings is 2. The monoisotopic (exact) mass is 322 g/mol. The highest BCUT2D eigenvalue weighted by Crippen LogP contribution is 2.23. The number of likely N-dealkylation sites (tertiary alicyclic amines) is 2. The molecule has 2 saturated heterocycles. The van der Waals surface area contributed by atoms with Gasteiger partial charge in [0.25, 0.3) is 0 Å². The van der Waals surface area contributed by atoms with Crippen molar-refractivity contribution in [2.45, 2.75) is 59.8 Å². The number of amides is 2. The quantitative estimate of drug-likeness (QED) is 0.797. The molecule has 2 heterocycles. The van der Waals surface area contributed by atoms with E-state index in [9.17, 15) is 9.59 Å². The molecule has 2 aliphatic heterocycles. The maximum absolute atomic E-state index is 12.4. The highest BCUT2D eigenvalue weighted by molar-refractivity contribution is 5.79. The standard InChI is InChI=1S/C19H34N2O2/c1-14-8-15(2)11-20(10-14)18(22)6-5-7-19(23)21-12-16(3)9-17(4)13-21/h14-17H,5-13H2,1-4H3/t14-,15+,16-,17+. The first-order valence-electron chi connectivity index (χ1n) is 9.40. The second-order valence-corrected chi connectivity index (χ2v) is 8.34. The van der Waals surface area contributed by atoms with Crippen molar-refractivity contribution in [2.75, 3.05) is 26.2 Å². The Kier molecular flexibility index (Phi) is 6.49. The fourth-order valence-corrected chi connectivity index (χ4v) is 4.44. The molecule has 4 heteroatoms. The molecule has 23 heavy (non-hydrogen) atoms. The minimum Gasteiger partial charge on any atom is -0.342 e. The van der Waals surface area contributed by atoms with E-state index < -0.39 is 0 Å². The lowest BCUT2D eigenvalue weighted by Gasteiger charge is -2.36. The molecule has 0 aromatic heterocycles. The molecular formula is C19H34N2O2. The van der Waals surface area contributed by atoms with Gasteiger partial charge in [-0.05, 0) is 42.9 Å². The van der Waals surface area contributed by atoms with Gasteiger partial charge in [0.15, 0.2) is 0 Å². The summed E-state index contributed by atoms with van der Waals surface area (Å²) in [4.78, 5) is 28.7. The third-order valence-corrected chi connectivity index (χ3v) is 5.22. The van der Waals surface area contributed by atoms with Gasteiger partial charge in [0.2, 0.25) is 11.8 Å². The average Bonchev–Trinajstić information content (AvgIpc) is 2.44. The Labute approximate surface area is 141 Å². The van der Waals surface area contributed by atoms with E-state index in [0.29, 0.717) is 42.9 Å². The smallest absolute Gasteiger partial charge is 0.222 e. The van der Waals surface area contributed by atoms with Crippen molar-refractivity contribution < 1.29 is 9.59 Å². The maximum atomic E-state index is 12.4. The summed E-state index contributed by atoms with van der Waals surface area (Å²) in [6, 6.07) is 0. The lowest BCUT2D eigenvalue weighted by molar-refractivity contribution is -0.135. The van der Waals surface area contributed by atoms with Crippen LogP contribution in [0.5, 0.6) is 0 Å². The highest BCUT2D eigenvalue weighted by Gasteiger charge is 2.27. The number of hydrogen-bond donors (Lipinski definition) is 0. The first-order valence-corrected chi connectivity index (χ1v) is 9.40. The van der Waals surface area contributed by atoms with E-state index in [1.807, 2.05) is 9.80 Å². The Morgan fingerprint density at radius 2 is 1.00 bits per heavy atom. The van der Waals surface area contributed by atoms with Gasteiger partial charge in [0.05, 0.1) is 0 Å². The van der Waals surface area contributed by atoms with Gasteiger partial charge in [-0.25, -0.2) is 0 Å². The van der Waals surface area contributed by atoms with Crippen LogP contribution in [0.3, 0.4) is 0 Å². The lowest BCUT2D eigenvalue weighted by Crippen LogP contribution is -2.43. The van der Waals surface area contributed by atoms with Crippen molar-refractivity contribution in [3.8, 4) is 0 Å². The molecule has 0 spiro atoms. The molecular weight excluding hydrogens is 288 g/mol. The molecule has 0 radical (unpaired) electrons. The van der Waals surface area contributed by atoms with Crippen LogP contribution in [0, 0.1) is 23.7 Å². The summed E-state index contributed by atoms with van der Waals surface area (Å²) in [7, 11) is 0. The average molecular weight is 322 g/mol. The molecule has 0 saturated carbocycles. The summed E-state index contributed by atoms with van der Waals surface area (Å²) in [6.07, 6.45) is 4.16. The zero-order valence-corrected chi connectivity index (χ0v) is 15.4. The van der Waals surface area contributed by atoms with E-state index in [1.54, 1.807) is 0 Å². The highest BCUT2D eigenvalue weighted by atomic mass is 16.2. The number of rotatable bonds is 4. The van der Waals surface area contributed by atoms with Crippen LogP contribution in [-0.4, -0.2) is 47.8 Å². The Morgan fingerprint density at radius 1 is 0.696 bits per heavy atom. The number of nitrogens with zero attached hydrogens (tertiary/aromatic N) is 2. The van der Waals surface area contributed by atoms with Gasteiger partial charge in [-0.2, -0.15) is 0 Å². The van der Waals surface area contributed by atoms with E-state index in [-0.39, 0.29) is 11.8 Å². The lowest BCUT2D eigenvalue weighted by atomic mass is 9.91. The summed E-state index contributed by atoms with van der Waals surface area (Å²) in [5.41, 5.74) is 0. The summed E-state index contributed by atoms with van der Waals surface area (Å²) in [6.45, 7) is 12.4. The zero-order chi connectivity index (χ0) is 17.0. The molecule has 2 rings (SSSR count). The summed E-state index contributed by atoms with van der Waals surface area (Å²) in [5.74, 6) is 2.86. The first kappa shape index (κ1) is 18.3. The minimum atomic E-state index is 0.233. The van der Waals surface area contributed by atoms with Crippen molar-refractivity contribution in [2.24, 2.45) is 23.7 Å². The van der Waals surface area contributed by atoms with Crippen LogP contribution >= 0.6 is 0 Å². The molecule has 4 atom stereocenters. The molecule has 2 fully saturated rings. The Balaban J connectivity index is 1.71. The molecule has 132 valence electrons. The molecule has 0 bridgehead atoms. The van der Waals surface area contributed by atoms with Crippen LogP contribution in [0.15, 0.2) is 0 Å². The van der Waals surface area contributed by atoms with Crippen molar-refractivity contribution >= 4 is 11.8 Å². The van der Waals surface area contributed by atoms with Crippen LogP contribution in [0.25, 0.3) is 0 Å². The topological polar surface area (TPSA) is 40.6 Å². The van der Waals surface area contributed by atoms with Gasteiger partial charge < -0.3 is 9.80 Å². The van der Waals surface area contributed by atoms with Gasteiger partial charge in [-0.3, -0.25) is 9.59 Å². The Morgan fingerprint density at radius 3 is 1.30 bits per heavy atom. The molecule has 0 aromatic rings. The van der Waals surface area contributed by atoms with Crippen LogP contribution in [-0.2, 0) is 9.59 Å². The van der Waals surface area contributed by atoms with Crippen LogP contribution in [0.1, 0.15) is 59.8 Å². The molecule has 0 aliphatic carbocycles. The van der Waals surface area contributed by atoms with Crippen molar-refractivity contribution in [3.05, 3.63) is 0 Å². The molecule has 2 amide bonds. The van der Waals surface area contributed by atoms with Crippen LogP contribution in [0.2, 0.25) is 0 Å². The zero-order valence-electron chi connectivity index (χ0n) is 15.4. The van der Waals surface area contributed by atoms with E-state index in [2.05, 4.69) is 27.7 Å². The largest absolute Gasteiger partial charge is 0.342 e. The Hall–Kier alpha value is -1.06. The fourth-order valence-electron chi connectivity index (χ4n) is 4.44. The molecule has 0 N–H and O–H groups in total. The second kappa shape index (κ2) is 8.16. The van der Waals surface area contributed by atoms with Gasteiger partial charge in [0, 0.05) is 39.0 Å². The van der Waals surface area contributed by atoms with Crippen molar-refractivity contribution in [1.29, 1.82) is 0 Å². The third-order valence-electron chi connectivity index (χ3n) is 5.22. The minimum absolute atomic E-state index is 0.233. The third kappa shape index (κ3) is 5.50. The van der Waals surface area contributed by atoms with E-state index in [4.69, 9.17) is 0 Å². The van der Waals surface area contributed by atoms with Gasteiger partial charge in [0.1, 0.15) is 0 Å². The molecule has 2 aliphatic rings. The Bertz CT molecular complexity index is 366. The SMILES string of the molecule is C[C@@H]1C[C@H](C)CN(C(=O)CCCC(=O)N2C[C@H](C)C[C@H](C)C2)C1. The maximum Gasteiger partial charge on any atom is 0.222 e. The molecule has 0 unspecified atom stereocenters. The predicted molar refractivity (Wildman–Crippen MR) is 92.9 cm³/mol. The van der Waals surface area contributed by atoms with E-state index in [0.717, 1.165) is 26.2 Å². The fraction of sp³-hybridized carbons (Fsp3) is 0.895. The first-order chi connectivity index (χ1) is 10.8. The molecule has 0 aromatic carbocycles. The number of carbonyl (C=O) groups is 2. The summed E-state index contributed by atoms with van der Waals surface area (Å²) >= 11 is 0.